The monoisotopic (exact) mass is 445 g/mol. The van der Waals surface area contributed by atoms with Crippen LogP contribution in [0.2, 0.25) is 0 Å². The third kappa shape index (κ3) is 11.5. The number of unbranched alkanes of at least 4 members (excludes halogenated alkanes) is 11. The molecule has 0 amide bonds. The molecule has 0 N–H and O–H groups in total. The first kappa shape index (κ1) is 23.9. The summed E-state index contributed by atoms with van der Waals surface area (Å²) in [6.07, 6.45) is 17.1. The molecule has 0 fully saturated rings. The van der Waals surface area contributed by atoms with E-state index < -0.39 is 0 Å². The highest BCUT2D eigenvalue weighted by atomic mass is 127. The molecule has 24 heavy (non-hydrogen) atoms. The van der Waals surface area contributed by atoms with Crippen LogP contribution in [0.3, 0.4) is 0 Å². The molecular formula is C22H40IN. The number of benzene rings is 1. The van der Waals surface area contributed by atoms with Gasteiger partial charge in [0.05, 0.1) is 20.6 Å². The first-order chi connectivity index (χ1) is 11.2. The second-order valence-electron chi connectivity index (χ2n) is 7.63. The van der Waals surface area contributed by atoms with Crippen molar-refractivity contribution in [2.75, 3.05) is 20.6 Å². The molecule has 1 rings (SSSR count). The Balaban J connectivity index is 0.00000529. The molecule has 0 radical (unpaired) electrons. The Kier molecular flexibility index (Phi) is 15.1. The summed E-state index contributed by atoms with van der Waals surface area (Å²) in [6, 6.07) is 10.9. The van der Waals surface area contributed by atoms with Crippen LogP contribution in [0.1, 0.15) is 84.0 Å². The van der Waals surface area contributed by atoms with Crippen LogP contribution in [0, 0.1) is 0 Å². The Labute approximate surface area is 168 Å². The van der Waals surface area contributed by atoms with Crippen molar-refractivity contribution in [1.82, 2.24) is 4.48 Å². The molecule has 0 aliphatic carbocycles. The van der Waals surface area contributed by atoms with E-state index in [0.29, 0.717) is 0 Å². The SMILES string of the molecule is CCCCCCCCCCCCCC[N+](C)(C)c1ccccc1.[I-]. The van der Waals surface area contributed by atoms with Gasteiger partial charge in [-0.15, -0.1) is 0 Å². The molecule has 0 spiro atoms. The Bertz CT molecular complexity index is 375. The lowest BCUT2D eigenvalue weighted by Crippen LogP contribution is -3.00. The fourth-order valence-electron chi connectivity index (χ4n) is 3.31. The molecule has 0 saturated heterocycles. The largest absolute Gasteiger partial charge is 1.00 e. The van der Waals surface area contributed by atoms with Crippen molar-refractivity contribution in [2.45, 2.75) is 84.0 Å². The average Bonchev–Trinajstić information content (AvgIpc) is 2.56. The van der Waals surface area contributed by atoms with Crippen LogP contribution in [0.5, 0.6) is 0 Å². The fraction of sp³-hybridized carbons (Fsp3) is 0.727. The molecule has 0 aliphatic rings. The molecule has 2 heteroatoms. The van der Waals surface area contributed by atoms with Gasteiger partial charge in [0, 0.05) is 0 Å². The maximum Gasteiger partial charge on any atom is 0.132 e. The lowest BCUT2D eigenvalue weighted by atomic mass is 10.1. The molecule has 1 aromatic rings. The van der Waals surface area contributed by atoms with Gasteiger partial charge in [0.25, 0.3) is 0 Å². The molecule has 0 heterocycles. The van der Waals surface area contributed by atoms with Crippen molar-refractivity contribution < 1.29 is 24.0 Å². The molecule has 1 nitrogen and oxygen atoms in total. The summed E-state index contributed by atoms with van der Waals surface area (Å²) in [5.41, 5.74) is 1.43. The Morgan fingerprint density at radius 1 is 0.625 bits per heavy atom. The zero-order valence-corrected chi connectivity index (χ0v) is 18.6. The minimum Gasteiger partial charge on any atom is -1.00 e. The Morgan fingerprint density at radius 2 is 1.04 bits per heavy atom. The van der Waals surface area contributed by atoms with Crippen molar-refractivity contribution in [3.63, 3.8) is 0 Å². The van der Waals surface area contributed by atoms with Gasteiger partial charge in [-0.25, -0.2) is 0 Å². The van der Waals surface area contributed by atoms with Gasteiger partial charge in [0.2, 0.25) is 0 Å². The van der Waals surface area contributed by atoms with Crippen LogP contribution in [-0.4, -0.2) is 20.6 Å². The summed E-state index contributed by atoms with van der Waals surface area (Å²) < 4.78 is 1.01. The number of quaternary nitrogens is 1. The highest BCUT2D eigenvalue weighted by molar-refractivity contribution is 5.40. The van der Waals surface area contributed by atoms with Crippen LogP contribution >= 0.6 is 0 Å². The maximum absolute atomic E-state index is 2.33. The van der Waals surface area contributed by atoms with E-state index in [1.165, 1.54) is 89.3 Å². The number of hydrogen-bond donors (Lipinski definition) is 0. The number of para-hydroxylation sites is 1. The maximum atomic E-state index is 2.33. The number of halogens is 1. The normalized spacial score (nSPS) is 11.3. The van der Waals surface area contributed by atoms with Gasteiger partial charge in [-0.3, -0.25) is 4.48 Å². The van der Waals surface area contributed by atoms with E-state index in [0.717, 1.165) is 4.48 Å². The number of hydrogen-bond acceptors (Lipinski definition) is 0. The van der Waals surface area contributed by atoms with Crippen molar-refractivity contribution in [1.29, 1.82) is 0 Å². The molecule has 1 aromatic carbocycles. The average molecular weight is 445 g/mol. The van der Waals surface area contributed by atoms with E-state index in [9.17, 15) is 0 Å². The van der Waals surface area contributed by atoms with Gasteiger partial charge in [0.1, 0.15) is 5.69 Å². The van der Waals surface area contributed by atoms with Crippen LogP contribution in [0.25, 0.3) is 0 Å². The molecule has 0 unspecified atom stereocenters. The molecule has 0 aliphatic heterocycles. The van der Waals surface area contributed by atoms with E-state index in [-0.39, 0.29) is 24.0 Å². The summed E-state index contributed by atoms with van der Waals surface area (Å²) in [6.45, 7) is 3.54. The first-order valence-electron chi connectivity index (χ1n) is 10.1. The van der Waals surface area contributed by atoms with E-state index in [2.05, 4.69) is 51.4 Å². The van der Waals surface area contributed by atoms with E-state index in [4.69, 9.17) is 0 Å². The van der Waals surface area contributed by atoms with Crippen molar-refractivity contribution >= 4 is 5.69 Å². The molecule has 0 aromatic heterocycles. The molecule has 0 atom stereocenters. The third-order valence-corrected chi connectivity index (χ3v) is 5.03. The first-order valence-corrected chi connectivity index (χ1v) is 10.1. The van der Waals surface area contributed by atoms with E-state index in [1.807, 2.05) is 0 Å². The number of nitrogens with zero attached hydrogens (tertiary/aromatic N) is 1. The zero-order chi connectivity index (χ0) is 16.8. The van der Waals surface area contributed by atoms with Gasteiger partial charge in [-0.05, 0) is 25.0 Å². The Hall–Kier alpha value is -0.0900. The van der Waals surface area contributed by atoms with Crippen LogP contribution < -0.4 is 28.5 Å². The van der Waals surface area contributed by atoms with Crippen molar-refractivity contribution in [3.05, 3.63) is 30.3 Å². The molecule has 0 bridgehead atoms. The molecular weight excluding hydrogens is 405 g/mol. The van der Waals surface area contributed by atoms with Gasteiger partial charge in [-0.1, -0.05) is 89.3 Å². The smallest absolute Gasteiger partial charge is 0.132 e. The second-order valence-corrected chi connectivity index (χ2v) is 7.63. The lowest BCUT2D eigenvalue weighted by molar-refractivity contribution is -0.00000516. The standard InChI is InChI=1S/C22H40N.HI/c1-4-5-6-7-8-9-10-11-12-13-14-18-21-23(2,3)22-19-16-15-17-20-22;/h15-17,19-20H,4-14,18,21H2,1-3H3;1H/q+1;/p-1. The lowest BCUT2D eigenvalue weighted by Gasteiger charge is -2.29. The Morgan fingerprint density at radius 3 is 1.50 bits per heavy atom. The summed E-state index contributed by atoms with van der Waals surface area (Å²) in [4.78, 5) is 0. The van der Waals surface area contributed by atoms with E-state index >= 15 is 0 Å². The highest BCUT2D eigenvalue weighted by Gasteiger charge is 2.17. The summed E-state index contributed by atoms with van der Waals surface area (Å²) >= 11 is 0. The number of rotatable bonds is 14. The van der Waals surface area contributed by atoms with Gasteiger partial charge in [-0.2, -0.15) is 0 Å². The fourth-order valence-corrected chi connectivity index (χ4v) is 3.31. The van der Waals surface area contributed by atoms with Gasteiger partial charge >= 0.3 is 0 Å². The molecule has 0 saturated carbocycles. The minimum atomic E-state index is 0. The summed E-state index contributed by atoms with van der Waals surface area (Å²) in [5.74, 6) is 0. The second kappa shape index (κ2) is 15.2. The van der Waals surface area contributed by atoms with Crippen molar-refractivity contribution in [3.8, 4) is 0 Å². The van der Waals surface area contributed by atoms with Gasteiger partial charge < -0.3 is 24.0 Å². The topological polar surface area (TPSA) is 0 Å². The van der Waals surface area contributed by atoms with Crippen molar-refractivity contribution in [2.24, 2.45) is 0 Å². The predicted molar refractivity (Wildman–Crippen MR) is 106 cm³/mol. The van der Waals surface area contributed by atoms with Crippen LogP contribution in [0.4, 0.5) is 5.69 Å². The summed E-state index contributed by atoms with van der Waals surface area (Å²) in [5, 5.41) is 0. The van der Waals surface area contributed by atoms with Crippen LogP contribution in [0.15, 0.2) is 30.3 Å². The predicted octanol–water partition coefficient (Wildman–Crippen LogP) is 3.96. The quantitative estimate of drug-likeness (QED) is 0.231. The highest BCUT2D eigenvalue weighted by Crippen LogP contribution is 2.19. The third-order valence-electron chi connectivity index (χ3n) is 5.03. The van der Waals surface area contributed by atoms with Gasteiger partial charge in [0.15, 0.2) is 0 Å². The zero-order valence-electron chi connectivity index (χ0n) is 16.4. The van der Waals surface area contributed by atoms with E-state index in [1.54, 1.807) is 0 Å². The minimum absolute atomic E-state index is 0. The molecule has 140 valence electrons. The van der Waals surface area contributed by atoms with Crippen LogP contribution in [-0.2, 0) is 0 Å². The summed E-state index contributed by atoms with van der Waals surface area (Å²) in [7, 11) is 4.65.